The van der Waals surface area contributed by atoms with E-state index in [0.29, 0.717) is 18.9 Å². The Morgan fingerprint density at radius 2 is 1.93 bits per heavy atom. The largest absolute Gasteiger partial charge is 0.379 e. The first kappa shape index (κ1) is 19.9. The summed E-state index contributed by atoms with van der Waals surface area (Å²) >= 11 is 6.09. The highest BCUT2D eigenvalue weighted by Crippen LogP contribution is 2.28. The van der Waals surface area contributed by atoms with Crippen molar-refractivity contribution < 1.29 is 22.7 Å². The second-order valence-electron chi connectivity index (χ2n) is 6.31. The molecule has 1 aromatic carbocycles. The summed E-state index contributed by atoms with van der Waals surface area (Å²) in [4.78, 5) is 23.3. The number of carbonyl (C=O) groups excluding carboxylic acids is 2. The molecule has 1 saturated carbocycles. The average molecular weight is 417 g/mol. The Morgan fingerprint density at radius 1 is 1.22 bits per heavy atom. The standard InChI is InChI=1S/C16H21ClN4O5S/c17-13-4-3-12(18-10-15(22)20-16(23)19-11-1-2-11)9-14(13)27(24,25)21-5-7-26-8-6-21/h3-4,9,11,18H,1-2,5-8,10H2,(H2,19,20,22,23). The molecule has 0 bridgehead atoms. The van der Waals surface area contributed by atoms with Crippen LogP contribution in [0.4, 0.5) is 10.5 Å². The van der Waals surface area contributed by atoms with Gasteiger partial charge in [0.2, 0.25) is 15.9 Å². The number of imide groups is 1. The number of nitrogens with zero attached hydrogens (tertiary/aromatic N) is 1. The van der Waals surface area contributed by atoms with Gasteiger partial charge in [-0.25, -0.2) is 13.2 Å². The van der Waals surface area contributed by atoms with Crippen LogP contribution in [0.1, 0.15) is 12.8 Å². The molecule has 1 aromatic rings. The highest BCUT2D eigenvalue weighted by atomic mass is 35.5. The van der Waals surface area contributed by atoms with Crippen molar-refractivity contribution in [1.82, 2.24) is 14.9 Å². The van der Waals surface area contributed by atoms with Crippen LogP contribution in [0.15, 0.2) is 23.1 Å². The quantitative estimate of drug-likeness (QED) is 0.630. The van der Waals surface area contributed by atoms with Crippen molar-refractivity contribution in [2.24, 2.45) is 0 Å². The summed E-state index contributed by atoms with van der Waals surface area (Å²) in [5, 5.41) is 7.76. The minimum atomic E-state index is -3.76. The fourth-order valence-corrected chi connectivity index (χ4v) is 4.45. The number of anilines is 1. The van der Waals surface area contributed by atoms with Crippen molar-refractivity contribution in [3.05, 3.63) is 23.2 Å². The molecule has 1 saturated heterocycles. The van der Waals surface area contributed by atoms with Gasteiger partial charge in [0, 0.05) is 24.8 Å². The molecule has 0 radical (unpaired) electrons. The van der Waals surface area contributed by atoms with Crippen LogP contribution in [0.25, 0.3) is 0 Å². The molecular weight excluding hydrogens is 396 g/mol. The van der Waals surface area contributed by atoms with Crippen molar-refractivity contribution in [1.29, 1.82) is 0 Å². The van der Waals surface area contributed by atoms with E-state index < -0.39 is 22.0 Å². The lowest BCUT2D eigenvalue weighted by Gasteiger charge is -2.26. The van der Waals surface area contributed by atoms with Crippen molar-refractivity contribution in [3.8, 4) is 0 Å². The third-order valence-corrected chi connectivity index (χ3v) is 6.52. The number of carbonyl (C=O) groups is 2. The van der Waals surface area contributed by atoms with Crippen LogP contribution >= 0.6 is 11.6 Å². The molecule has 0 spiro atoms. The van der Waals surface area contributed by atoms with E-state index in [0.717, 1.165) is 12.8 Å². The molecule has 0 unspecified atom stereocenters. The predicted octanol–water partition coefficient (Wildman–Crippen LogP) is 0.761. The monoisotopic (exact) mass is 416 g/mol. The van der Waals surface area contributed by atoms with Crippen molar-refractivity contribution in [2.45, 2.75) is 23.8 Å². The molecule has 27 heavy (non-hydrogen) atoms. The number of hydrogen-bond donors (Lipinski definition) is 3. The molecule has 9 nitrogen and oxygen atoms in total. The third kappa shape index (κ3) is 5.32. The number of nitrogens with one attached hydrogen (secondary N) is 3. The van der Waals surface area contributed by atoms with E-state index >= 15 is 0 Å². The molecule has 148 valence electrons. The van der Waals surface area contributed by atoms with Gasteiger partial charge >= 0.3 is 6.03 Å². The minimum absolute atomic E-state index is 0.0389. The normalized spacial score (nSPS) is 18.0. The highest BCUT2D eigenvalue weighted by Gasteiger charge is 2.28. The molecule has 3 amide bonds. The smallest absolute Gasteiger partial charge is 0.321 e. The van der Waals surface area contributed by atoms with Crippen LogP contribution in [0.3, 0.4) is 0 Å². The summed E-state index contributed by atoms with van der Waals surface area (Å²) in [6, 6.07) is 4.02. The zero-order valence-electron chi connectivity index (χ0n) is 14.5. The number of morpholine rings is 1. The number of hydrogen-bond acceptors (Lipinski definition) is 6. The fraction of sp³-hybridized carbons (Fsp3) is 0.500. The SMILES string of the molecule is O=C(CNc1ccc(Cl)c(S(=O)(=O)N2CCOCC2)c1)NC(=O)NC1CC1. The summed E-state index contributed by atoms with van der Waals surface area (Å²) in [5.41, 5.74) is 0.406. The number of benzene rings is 1. The Kier molecular flexibility index (Phi) is 6.20. The van der Waals surface area contributed by atoms with Crippen LogP contribution in [0, 0.1) is 0 Å². The van der Waals surface area contributed by atoms with Gasteiger partial charge in [0.05, 0.1) is 24.8 Å². The van der Waals surface area contributed by atoms with Gasteiger partial charge in [-0.1, -0.05) is 11.6 Å². The number of sulfonamides is 1. The fourth-order valence-electron chi connectivity index (χ4n) is 2.54. The maximum absolute atomic E-state index is 12.8. The topological polar surface area (TPSA) is 117 Å². The van der Waals surface area contributed by atoms with Crippen LogP contribution in [0.5, 0.6) is 0 Å². The van der Waals surface area contributed by atoms with Gasteiger partial charge in [0.15, 0.2) is 0 Å². The summed E-state index contributed by atoms with van der Waals surface area (Å²) in [6.07, 6.45) is 1.84. The molecule has 3 rings (SSSR count). The Bertz CT molecular complexity index is 822. The van der Waals surface area contributed by atoms with Crippen molar-refractivity contribution in [2.75, 3.05) is 38.2 Å². The Labute approximate surface area is 162 Å². The maximum Gasteiger partial charge on any atom is 0.321 e. The van der Waals surface area contributed by atoms with Crippen LogP contribution in [0.2, 0.25) is 5.02 Å². The Balaban J connectivity index is 1.62. The lowest BCUT2D eigenvalue weighted by molar-refractivity contribution is -0.118. The zero-order chi connectivity index (χ0) is 19.4. The molecule has 1 aliphatic heterocycles. The van der Waals surface area contributed by atoms with E-state index in [2.05, 4.69) is 16.0 Å². The molecule has 11 heteroatoms. The van der Waals surface area contributed by atoms with Gasteiger partial charge in [0.25, 0.3) is 0 Å². The first-order valence-electron chi connectivity index (χ1n) is 8.58. The number of halogens is 1. The molecule has 2 aliphatic rings. The van der Waals surface area contributed by atoms with Crippen LogP contribution in [-0.2, 0) is 19.6 Å². The van der Waals surface area contributed by atoms with Gasteiger partial charge in [-0.2, -0.15) is 4.31 Å². The van der Waals surface area contributed by atoms with Crippen molar-refractivity contribution >= 4 is 39.2 Å². The Hall–Kier alpha value is -1.88. The van der Waals surface area contributed by atoms with E-state index in [1.54, 1.807) is 6.07 Å². The van der Waals surface area contributed by atoms with E-state index in [-0.39, 0.29) is 35.6 Å². The first-order chi connectivity index (χ1) is 12.9. The van der Waals surface area contributed by atoms with Gasteiger partial charge in [-0.3, -0.25) is 10.1 Å². The highest BCUT2D eigenvalue weighted by molar-refractivity contribution is 7.89. The zero-order valence-corrected chi connectivity index (χ0v) is 16.1. The maximum atomic E-state index is 12.8. The van der Waals surface area contributed by atoms with Crippen LogP contribution in [-0.4, -0.2) is 63.6 Å². The number of amides is 3. The molecular formula is C16H21ClN4O5S. The second-order valence-corrected chi connectivity index (χ2v) is 8.62. The number of urea groups is 1. The number of rotatable bonds is 6. The first-order valence-corrected chi connectivity index (χ1v) is 10.4. The molecule has 1 aliphatic carbocycles. The molecule has 2 fully saturated rings. The number of ether oxygens (including phenoxy) is 1. The van der Waals surface area contributed by atoms with Gasteiger partial charge < -0.3 is 15.4 Å². The summed E-state index contributed by atoms with van der Waals surface area (Å²) < 4.78 is 32.1. The molecule has 0 aromatic heterocycles. The summed E-state index contributed by atoms with van der Waals surface area (Å²) in [7, 11) is -3.76. The molecule has 3 N–H and O–H groups in total. The van der Waals surface area contributed by atoms with Gasteiger partial charge in [0.1, 0.15) is 4.90 Å². The second kappa shape index (κ2) is 8.42. The van der Waals surface area contributed by atoms with E-state index in [4.69, 9.17) is 16.3 Å². The minimum Gasteiger partial charge on any atom is -0.379 e. The molecule has 1 heterocycles. The average Bonchev–Trinajstić information content (AvgIpc) is 3.45. The lowest BCUT2D eigenvalue weighted by Crippen LogP contribution is -2.42. The van der Waals surface area contributed by atoms with Crippen LogP contribution < -0.4 is 16.0 Å². The predicted molar refractivity (Wildman–Crippen MR) is 99.2 cm³/mol. The lowest BCUT2D eigenvalue weighted by atomic mass is 10.3. The third-order valence-electron chi connectivity index (χ3n) is 4.14. The van der Waals surface area contributed by atoms with E-state index in [1.807, 2.05) is 0 Å². The molecule has 0 atom stereocenters. The Morgan fingerprint density at radius 3 is 2.59 bits per heavy atom. The van der Waals surface area contributed by atoms with Gasteiger partial charge in [-0.05, 0) is 31.0 Å². The van der Waals surface area contributed by atoms with Gasteiger partial charge in [-0.15, -0.1) is 0 Å². The van der Waals surface area contributed by atoms with E-state index in [9.17, 15) is 18.0 Å². The van der Waals surface area contributed by atoms with Crippen molar-refractivity contribution in [3.63, 3.8) is 0 Å². The summed E-state index contributed by atoms with van der Waals surface area (Å²) in [5.74, 6) is -0.527. The summed E-state index contributed by atoms with van der Waals surface area (Å²) in [6.45, 7) is 0.996. The van der Waals surface area contributed by atoms with E-state index in [1.165, 1.54) is 16.4 Å².